The zero-order valence-electron chi connectivity index (χ0n) is 24.0. The van der Waals surface area contributed by atoms with Crippen molar-refractivity contribution < 1.29 is 4.42 Å². The maximum atomic E-state index is 6.61. The molecule has 37 heavy (non-hydrogen) atoms. The van der Waals surface area contributed by atoms with Gasteiger partial charge >= 0.3 is 0 Å². The van der Waals surface area contributed by atoms with Crippen molar-refractivity contribution in [3.05, 3.63) is 46.9 Å². The minimum Gasteiger partial charge on any atom is -0.468 e. The van der Waals surface area contributed by atoms with Crippen molar-refractivity contribution >= 4 is 11.6 Å². The molecule has 6 rings (SSSR count). The van der Waals surface area contributed by atoms with Crippen LogP contribution < -0.4 is 0 Å². The first kappa shape index (κ1) is 26.0. The summed E-state index contributed by atoms with van der Waals surface area (Å²) in [7, 11) is 0. The van der Waals surface area contributed by atoms with Crippen molar-refractivity contribution in [1.82, 2.24) is 0 Å². The maximum absolute atomic E-state index is 6.61. The van der Waals surface area contributed by atoms with Crippen LogP contribution in [0.2, 0.25) is 5.02 Å². The Morgan fingerprint density at radius 3 is 2.49 bits per heavy atom. The summed E-state index contributed by atoms with van der Waals surface area (Å²) in [6, 6.07) is 8.28. The molecule has 1 aromatic heterocycles. The molecule has 0 radical (unpaired) electrons. The molecule has 0 unspecified atom stereocenters. The number of hydrogen-bond donors (Lipinski definition) is 0. The van der Waals surface area contributed by atoms with Gasteiger partial charge in [0.15, 0.2) is 0 Å². The normalized spacial score (nSPS) is 37.5. The lowest BCUT2D eigenvalue weighted by Crippen LogP contribution is -2.54. The van der Waals surface area contributed by atoms with E-state index < -0.39 is 0 Å². The number of rotatable bonds is 6. The van der Waals surface area contributed by atoms with Crippen LogP contribution in [-0.2, 0) is 12.8 Å². The number of hydrogen-bond acceptors (Lipinski definition) is 1. The van der Waals surface area contributed by atoms with Gasteiger partial charge in [-0.25, -0.2) is 0 Å². The molecule has 8 atom stereocenters. The lowest BCUT2D eigenvalue weighted by Gasteiger charge is -2.60. The molecule has 3 saturated carbocycles. The van der Waals surface area contributed by atoms with E-state index >= 15 is 0 Å². The average Bonchev–Trinajstić information content (AvgIpc) is 3.42. The molecule has 0 bridgehead atoms. The zero-order chi connectivity index (χ0) is 25.9. The molecule has 2 aromatic rings. The van der Waals surface area contributed by atoms with Gasteiger partial charge in [0.1, 0.15) is 5.76 Å². The van der Waals surface area contributed by atoms with Gasteiger partial charge in [0.25, 0.3) is 0 Å². The third-order valence-electron chi connectivity index (χ3n) is 12.4. The molecule has 4 aliphatic rings. The third kappa shape index (κ3) is 4.25. The van der Waals surface area contributed by atoms with E-state index in [0.717, 1.165) is 58.4 Å². The van der Waals surface area contributed by atoms with Crippen molar-refractivity contribution in [3.63, 3.8) is 0 Å². The molecule has 0 spiro atoms. The van der Waals surface area contributed by atoms with Crippen LogP contribution in [0.4, 0.5) is 0 Å². The van der Waals surface area contributed by atoms with Crippen LogP contribution in [0.1, 0.15) is 104 Å². The van der Waals surface area contributed by atoms with Crippen molar-refractivity contribution in [2.45, 2.75) is 105 Å². The largest absolute Gasteiger partial charge is 0.468 e. The van der Waals surface area contributed by atoms with Gasteiger partial charge < -0.3 is 4.42 Å². The Labute approximate surface area is 231 Å². The van der Waals surface area contributed by atoms with Gasteiger partial charge in [-0.1, -0.05) is 83.7 Å². The van der Waals surface area contributed by atoms with Gasteiger partial charge in [-0.2, -0.15) is 0 Å². The summed E-state index contributed by atoms with van der Waals surface area (Å²) in [5.41, 5.74) is 4.79. The number of fused-ring (bicyclic) bond motifs is 6. The minimum absolute atomic E-state index is 0.383. The van der Waals surface area contributed by atoms with E-state index in [4.69, 9.17) is 16.0 Å². The van der Waals surface area contributed by atoms with E-state index in [1.54, 1.807) is 0 Å². The van der Waals surface area contributed by atoms with E-state index in [9.17, 15) is 0 Å². The highest BCUT2D eigenvalue weighted by Gasteiger charge is 2.60. The average molecular weight is 521 g/mol. The smallest absolute Gasteiger partial charge is 0.108 e. The predicted octanol–water partition coefficient (Wildman–Crippen LogP) is 10.6. The molecule has 1 nitrogen and oxygen atoms in total. The minimum atomic E-state index is 0.383. The molecule has 0 saturated heterocycles. The molecule has 1 heterocycles. The van der Waals surface area contributed by atoms with Gasteiger partial charge in [-0.3, -0.25) is 0 Å². The summed E-state index contributed by atoms with van der Waals surface area (Å²) in [6.45, 7) is 12.7. The first-order chi connectivity index (χ1) is 17.7. The van der Waals surface area contributed by atoms with Gasteiger partial charge in [0.05, 0.1) is 6.26 Å². The molecule has 3 fully saturated rings. The van der Waals surface area contributed by atoms with Gasteiger partial charge in [0, 0.05) is 28.1 Å². The van der Waals surface area contributed by atoms with Gasteiger partial charge in [-0.05, 0) is 103 Å². The fourth-order valence-electron chi connectivity index (χ4n) is 10.5. The molecule has 0 aliphatic heterocycles. The van der Waals surface area contributed by atoms with E-state index in [-0.39, 0.29) is 0 Å². The van der Waals surface area contributed by atoms with E-state index in [2.05, 4.69) is 46.8 Å². The Balaban J connectivity index is 1.22. The fourth-order valence-corrected chi connectivity index (χ4v) is 10.7. The van der Waals surface area contributed by atoms with Crippen LogP contribution in [0.15, 0.2) is 34.9 Å². The molecule has 0 N–H and O–H groups in total. The lowest BCUT2D eigenvalue weighted by molar-refractivity contribution is -0.105. The van der Waals surface area contributed by atoms with Crippen LogP contribution in [0, 0.1) is 52.3 Å². The highest BCUT2D eigenvalue weighted by molar-refractivity contribution is 6.33. The third-order valence-corrected chi connectivity index (χ3v) is 12.7. The standard InChI is InChI=1S/C35H49ClO/c1-22(2)9-8-10-23(3)29-15-16-30-26-14-13-24-19-27-28(25-11-6-7-12-32(25)36)21-37-33(27)20-35(24,5)31(26)17-18-34(29,30)4/h6-7,11-12,21-24,26,29-31H,8-10,13-20H2,1-5H3/t23-,24+,26-,29+,30+,31-,34-,35+/m1/s1. The zero-order valence-corrected chi connectivity index (χ0v) is 24.7. The Morgan fingerprint density at radius 1 is 0.919 bits per heavy atom. The second kappa shape index (κ2) is 9.76. The van der Waals surface area contributed by atoms with E-state index in [0.29, 0.717) is 10.8 Å². The topological polar surface area (TPSA) is 13.1 Å². The summed E-state index contributed by atoms with van der Waals surface area (Å²) < 4.78 is 6.34. The quantitative estimate of drug-likeness (QED) is 0.369. The SMILES string of the molecule is CC(C)CCC[C@@H](C)[C@@H]1CC[C@H]2[C@H]3CC[C@H]4Cc5c(-c6ccccc6Cl)coc5C[C@]4(C)[C@@H]3CC[C@@]21C. The molecule has 4 aliphatic carbocycles. The summed E-state index contributed by atoms with van der Waals surface area (Å²) in [6.07, 6.45) is 17.3. The molecule has 1 aromatic carbocycles. The van der Waals surface area contributed by atoms with Crippen molar-refractivity contribution in [2.24, 2.45) is 52.3 Å². The fraction of sp³-hybridized carbons (Fsp3) is 0.714. The Hall–Kier alpha value is -1.21. The first-order valence-electron chi connectivity index (χ1n) is 15.6. The highest BCUT2D eigenvalue weighted by Crippen LogP contribution is 2.68. The molecule has 2 heteroatoms. The molecular formula is C35H49ClO. The van der Waals surface area contributed by atoms with Crippen LogP contribution >= 0.6 is 11.6 Å². The summed E-state index contributed by atoms with van der Waals surface area (Å²) in [5, 5.41) is 0.837. The lowest BCUT2D eigenvalue weighted by atomic mass is 9.44. The second-order valence-corrected chi connectivity index (χ2v) is 15.0. The van der Waals surface area contributed by atoms with E-state index in [1.165, 1.54) is 81.1 Å². The Morgan fingerprint density at radius 2 is 1.70 bits per heavy atom. The highest BCUT2D eigenvalue weighted by atomic mass is 35.5. The predicted molar refractivity (Wildman–Crippen MR) is 156 cm³/mol. The van der Waals surface area contributed by atoms with Gasteiger partial charge in [-0.15, -0.1) is 0 Å². The van der Waals surface area contributed by atoms with Crippen LogP contribution in [0.5, 0.6) is 0 Å². The summed E-state index contributed by atoms with van der Waals surface area (Å²) in [4.78, 5) is 0. The molecular weight excluding hydrogens is 472 g/mol. The second-order valence-electron chi connectivity index (χ2n) is 14.6. The van der Waals surface area contributed by atoms with Crippen LogP contribution in [0.3, 0.4) is 0 Å². The van der Waals surface area contributed by atoms with Crippen LogP contribution in [-0.4, -0.2) is 0 Å². The Kier molecular flexibility index (Phi) is 6.87. The molecule has 202 valence electrons. The first-order valence-corrected chi connectivity index (χ1v) is 15.9. The van der Waals surface area contributed by atoms with Crippen molar-refractivity contribution in [1.29, 1.82) is 0 Å². The number of halogens is 1. The number of furan rings is 1. The summed E-state index contributed by atoms with van der Waals surface area (Å²) >= 11 is 6.61. The van der Waals surface area contributed by atoms with E-state index in [1.807, 2.05) is 18.4 Å². The van der Waals surface area contributed by atoms with Crippen LogP contribution in [0.25, 0.3) is 11.1 Å². The maximum Gasteiger partial charge on any atom is 0.108 e. The number of benzene rings is 1. The van der Waals surface area contributed by atoms with Crippen molar-refractivity contribution in [3.8, 4) is 11.1 Å². The summed E-state index contributed by atoms with van der Waals surface area (Å²) in [5.74, 6) is 7.43. The molecule has 0 amide bonds. The van der Waals surface area contributed by atoms with Crippen molar-refractivity contribution in [2.75, 3.05) is 0 Å². The monoisotopic (exact) mass is 520 g/mol. The van der Waals surface area contributed by atoms with Gasteiger partial charge in [0.2, 0.25) is 0 Å². The Bertz CT molecular complexity index is 1110.